The van der Waals surface area contributed by atoms with Gasteiger partial charge in [0.1, 0.15) is 11.6 Å². The number of piperidine rings is 1. The zero-order valence-corrected chi connectivity index (χ0v) is 27.5. The molecule has 0 bridgehead atoms. The number of amidine groups is 1. The second-order valence-electron chi connectivity index (χ2n) is 12.8. The lowest BCUT2D eigenvalue weighted by atomic mass is 9.84. The maximum Gasteiger partial charge on any atom is 0.303 e. The fourth-order valence-electron chi connectivity index (χ4n) is 5.94. The van der Waals surface area contributed by atoms with Crippen LogP contribution in [-0.4, -0.2) is 67.0 Å². The maximum absolute atomic E-state index is 15.6. The van der Waals surface area contributed by atoms with Crippen LogP contribution >= 0.6 is 0 Å². The fraction of sp³-hybridized carbons (Fsp3) is 0.543. The molecule has 0 aliphatic carbocycles. The van der Waals surface area contributed by atoms with Gasteiger partial charge in [-0.1, -0.05) is 20.8 Å². The van der Waals surface area contributed by atoms with Crippen LogP contribution in [0.3, 0.4) is 0 Å². The lowest BCUT2D eigenvalue weighted by Gasteiger charge is -2.35. The van der Waals surface area contributed by atoms with E-state index in [2.05, 4.69) is 11.0 Å². The normalized spacial score (nSPS) is 15.0. The standard InChI is InChI=1S/C35H45FN4O6/c1-6-44-28-18-24-20-40(34(38)30(24)31(36)33(28)45-7-2)21-27(41)23-16-25(35(3,4)5)32(46-15-9-8-10-29(42)43)26(17-23)39-13-11-22(19-37)12-14-39/h16-18,22,38H,6-15,20-21H2,1-5H3,(H,42,43). The molecule has 0 spiro atoms. The van der Waals surface area contributed by atoms with Crippen LogP contribution in [0, 0.1) is 28.5 Å². The highest BCUT2D eigenvalue weighted by molar-refractivity contribution is 6.06. The largest absolute Gasteiger partial charge is 0.491 e. The molecule has 2 aromatic carbocycles. The van der Waals surface area contributed by atoms with Crippen molar-refractivity contribution >= 4 is 23.3 Å². The quantitative estimate of drug-likeness (QED) is 0.180. The molecule has 0 amide bonds. The first kappa shape index (κ1) is 34.5. The monoisotopic (exact) mass is 636 g/mol. The van der Waals surface area contributed by atoms with Crippen LogP contribution in [0.5, 0.6) is 17.2 Å². The number of hydrogen-bond donors (Lipinski definition) is 2. The van der Waals surface area contributed by atoms with Crippen molar-refractivity contribution in [1.29, 1.82) is 10.7 Å². The molecule has 11 heteroatoms. The third kappa shape index (κ3) is 7.72. The van der Waals surface area contributed by atoms with Crippen LogP contribution in [0.1, 0.15) is 93.8 Å². The molecular formula is C35H45FN4O6. The number of aliphatic carboxylic acids is 1. The van der Waals surface area contributed by atoms with Crippen molar-refractivity contribution in [2.24, 2.45) is 5.92 Å². The molecule has 0 aromatic heterocycles. The van der Waals surface area contributed by atoms with E-state index >= 15 is 4.39 Å². The van der Waals surface area contributed by atoms with Crippen molar-refractivity contribution in [3.63, 3.8) is 0 Å². The van der Waals surface area contributed by atoms with E-state index in [1.807, 2.05) is 32.9 Å². The number of hydrogen-bond acceptors (Lipinski definition) is 8. The van der Waals surface area contributed by atoms with Crippen molar-refractivity contribution in [2.45, 2.75) is 78.7 Å². The SMILES string of the molecule is CCOc1cc2c(c(F)c1OCC)C(=N)N(CC(=O)c1cc(N3CCC(C#N)CC3)c(OCCCCC(=O)O)c(C(C)(C)C)c1)C2. The molecule has 1 fully saturated rings. The maximum atomic E-state index is 15.6. The lowest BCUT2D eigenvalue weighted by Crippen LogP contribution is -2.34. The smallest absolute Gasteiger partial charge is 0.303 e. The number of ketones is 1. The number of nitrogens with zero attached hydrogens (tertiary/aromatic N) is 3. The van der Waals surface area contributed by atoms with Gasteiger partial charge in [0.15, 0.2) is 23.1 Å². The summed E-state index contributed by atoms with van der Waals surface area (Å²) in [6, 6.07) is 7.72. The number of unbranched alkanes of at least 4 members (excludes halogenated alkanes) is 1. The van der Waals surface area contributed by atoms with Gasteiger partial charge in [0, 0.05) is 43.1 Å². The van der Waals surface area contributed by atoms with Crippen LogP contribution in [0.25, 0.3) is 0 Å². The van der Waals surface area contributed by atoms with E-state index in [1.165, 1.54) is 0 Å². The average Bonchev–Trinajstić information content (AvgIpc) is 3.32. The number of fused-ring (bicyclic) bond motifs is 1. The summed E-state index contributed by atoms with van der Waals surface area (Å²) in [6.07, 6.45) is 2.51. The van der Waals surface area contributed by atoms with Crippen LogP contribution < -0.4 is 19.1 Å². The van der Waals surface area contributed by atoms with Gasteiger partial charge >= 0.3 is 5.97 Å². The number of Topliss-reactive ketones (excluding diaryl/α,β-unsaturated/α-hetero) is 1. The Morgan fingerprint density at radius 2 is 1.76 bits per heavy atom. The summed E-state index contributed by atoms with van der Waals surface area (Å²) in [7, 11) is 0. The zero-order valence-electron chi connectivity index (χ0n) is 27.5. The first-order valence-corrected chi connectivity index (χ1v) is 16.0. The van der Waals surface area contributed by atoms with E-state index in [0.29, 0.717) is 68.9 Å². The molecule has 2 aromatic rings. The molecule has 4 rings (SSSR count). The number of carboxylic acid groups (broad SMARTS) is 1. The first-order chi connectivity index (χ1) is 21.9. The summed E-state index contributed by atoms with van der Waals surface area (Å²) in [6.45, 7) is 11.9. The van der Waals surface area contributed by atoms with E-state index in [-0.39, 0.29) is 60.7 Å². The van der Waals surface area contributed by atoms with Crippen LogP contribution in [0.2, 0.25) is 0 Å². The number of anilines is 1. The van der Waals surface area contributed by atoms with Gasteiger partial charge in [-0.3, -0.25) is 15.0 Å². The third-order valence-corrected chi connectivity index (χ3v) is 8.36. The van der Waals surface area contributed by atoms with E-state index < -0.39 is 17.2 Å². The Kier molecular flexibility index (Phi) is 11.1. The highest BCUT2D eigenvalue weighted by Gasteiger charge is 2.34. The van der Waals surface area contributed by atoms with E-state index in [1.54, 1.807) is 24.8 Å². The minimum Gasteiger partial charge on any atom is -0.491 e. The molecule has 2 heterocycles. The molecular weight excluding hydrogens is 591 g/mol. The van der Waals surface area contributed by atoms with Gasteiger partial charge in [0.2, 0.25) is 0 Å². The Hall–Kier alpha value is -4.33. The summed E-state index contributed by atoms with van der Waals surface area (Å²) < 4.78 is 33.2. The van der Waals surface area contributed by atoms with Crippen molar-refractivity contribution in [1.82, 2.24) is 4.90 Å². The molecule has 248 valence electrons. The van der Waals surface area contributed by atoms with Crippen molar-refractivity contribution in [2.75, 3.05) is 44.4 Å². The number of nitriles is 1. The van der Waals surface area contributed by atoms with E-state index in [9.17, 15) is 14.9 Å². The van der Waals surface area contributed by atoms with Crippen molar-refractivity contribution in [3.8, 4) is 23.3 Å². The van der Waals surface area contributed by atoms with Crippen LogP contribution in [0.15, 0.2) is 18.2 Å². The number of rotatable bonds is 14. The predicted molar refractivity (Wildman–Crippen MR) is 173 cm³/mol. The highest BCUT2D eigenvalue weighted by Crippen LogP contribution is 2.43. The Bertz CT molecular complexity index is 1500. The topological polar surface area (TPSA) is 136 Å². The fourth-order valence-corrected chi connectivity index (χ4v) is 5.94. The van der Waals surface area contributed by atoms with Crippen LogP contribution in [0.4, 0.5) is 10.1 Å². The lowest BCUT2D eigenvalue weighted by molar-refractivity contribution is -0.137. The van der Waals surface area contributed by atoms with Crippen molar-refractivity contribution < 1.29 is 33.3 Å². The van der Waals surface area contributed by atoms with Crippen LogP contribution in [-0.2, 0) is 16.8 Å². The predicted octanol–water partition coefficient (Wildman–Crippen LogP) is 6.32. The number of nitrogens with one attached hydrogen (secondary N) is 1. The minimum atomic E-state index is -0.847. The number of halogens is 1. The third-order valence-electron chi connectivity index (χ3n) is 8.36. The average molecular weight is 637 g/mol. The Labute approximate surface area is 270 Å². The second kappa shape index (κ2) is 14.8. The molecule has 0 radical (unpaired) electrons. The molecule has 1 saturated heterocycles. The molecule has 0 atom stereocenters. The Morgan fingerprint density at radius 3 is 2.37 bits per heavy atom. The number of ether oxygens (including phenoxy) is 3. The summed E-state index contributed by atoms with van der Waals surface area (Å²) in [5.74, 6) is -0.936. The Morgan fingerprint density at radius 1 is 1.07 bits per heavy atom. The summed E-state index contributed by atoms with van der Waals surface area (Å²) >= 11 is 0. The summed E-state index contributed by atoms with van der Waals surface area (Å²) in [5, 5.41) is 27.3. The van der Waals surface area contributed by atoms with Gasteiger partial charge < -0.3 is 29.1 Å². The number of carbonyl (C=O) groups excluding carboxylic acids is 1. The molecule has 10 nitrogen and oxygen atoms in total. The van der Waals surface area contributed by atoms with Gasteiger partial charge in [-0.05, 0) is 68.7 Å². The number of carboxylic acids is 1. The minimum absolute atomic E-state index is 0.0285. The summed E-state index contributed by atoms with van der Waals surface area (Å²) in [4.78, 5) is 28.7. The second-order valence-corrected chi connectivity index (χ2v) is 12.8. The molecule has 2 N–H and O–H groups in total. The summed E-state index contributed by atoms with van der Waals surface area (Å²) in [5.41, 5.74) is 2.32. The highest BCUT2D eigenvalue weighted by atomic mass is 19.1. The van der Waals surface area contributed by atoms with Gasteiger partial charge in [-0.15, -0.1) is 0 Å². The molecule has 46 heavy (non-hydrogen) atoms. The zero-order chi connectivity index (χ0) is 33.6. The van der Waals surface area contributed by atoms with E-state index in [0.717, 1.165) is 11.3 Å². The molecule has 2 aliphatic heterocycles. The van der Waals surface area contributed by atoms with Gasteiger partial charge in [-0.2, -0.15) is 5.26 Å². The Balaban J connectivity index is 1.66. The van der Waals surface area contributed by atoms with E-state index in [4.69, 9.17) is 24.7 Å². The molecule has 2 aliphatic rings. The molecule has 0 saturated carbocycles. The van der Waals surface area contributed by atoms with Gasteiger partial charge in [-0.25, -0.2) is 4.39 Å². The number of benzene rings is 2. The van der Waals surface area contributed by atoms with Crippen molar-refractivity contribution in [3.05, 3.63) is 46.3 Å². The number of carbonyl (C=O) groups is 2. The van der Waals surface area contributed by atoms with Gasteiger partial charge in [0.05, 0.1) is 43.7 Å². The first-order valence-electron chi connectivity index (χ1n) is 16.0. The molecule has 0 unspecified atom stereocenters. The van der Waals surface area contributed by atoms with Gasteiger partial charge in [0.25, 0.3) is 0 Å².